The van der Waals surface area contributed by atoms with E-state index in [1.807, 2.05) is 48.5 Å². The number of ether oxygens (including phenoxy) is 2. The molecule has 48 heavy (non-hydrogen) atoms. The van der Waals surface area contributed by atoms with E-state index in [0.717, 1.165) is 70.0 Å². The van der Waals surface area contributed by atoms with E-state index >= 15 is 0 Å². The summed E-state index contributed by atoms with van der Waals surface area (Å²) < 4.78 is 12.4. The maximum absolute atomic E-state index is 6.18. The van der Waals surface area contributed by atoms with Gasteiger partial charge in [-0.3, -0.25) is 0 Å². The first-order valence-electron chi connectivity index (χ1n) is 16.3. The van der Waals surface area contributed by atoms with Crippen LogP contribution in [-0.2, 0) is 12.8 Å². The molecule has 2 aliphatic heterocycles. The minimum atomic E-state index is 0.866. The van der Waals surface area contributed by atoms with E-state index in [9.17, 15) is 0 Å². The number of hydrogen-bond acceptors (Lipinski definition) is 4. The molecule has 230 valence electrons. The number of rotatable bonds is 6. The average Bonchev–Trinajstić information content (AvgIpc) is 3.14. The van der Waals surface area contributed by atoms with Crippen LogP contribution in [0.15, 0.2) is 170 Å². The van der Waals surface area contributed by atoms with Crippen molar-refractivity contribution >= 4 is 34.1 Å². The van der Waals surface area contributed by atoms with Gasteiger partial charge in [0, 0.05) is 11.4 Å². The third kappa shape index (κ3) is 5.14. The monoisotopic (exact) mass is 620 g/mol. The standard InChI is InChI=1S/C44H32N2O2/c1-5-13-41-37(9-1)45(38-10-2-6-14-42(38)47-41)35-25-21-33(22-26-35)29-31-17-19-32(20-18-31)30-34-23-27-36(28-24-34)46-39-11-3-7-15-43(39)48-44-16-8-4-12-40(44)46/h1-28H,29-30H2. The lowest BCUT2D eigenvalue weighted by atomic mass is 9.99. The summed E-state index contributed by atoms with van der Waals surface area (Å²) in [6.07, 6.45) is 1.77. The average molecular weight is 621 g/mol. The van der Waals surface area contributed by atoms with Gasteiger partial charge in [-0.25, -0.2) is 0 Å². The van der Waals surface area contributed by atoms with Gasteiger partial charge in [-0.05, 0) is 108 Å². The second-order valence-corrected chi connectivity index (χ2v) is 12.2. The zero-order valence-electron chi connectivity index (χ0n) is 26.3. The predicted molar refractivity (Wildman–Crippen MR) is 194 cm³/mol. The van der Waals surface area contributed by atoms with E-state index in [4.69, 9.17) is 9.47 Å². The lowest BCUT2D eigenvalue weighted by Gasteiger charge is -2.32. The van der Waals surface area contributed by atoms with Gasteiger partial charge in [-0.1, -0.05) is 97.1 Å². The van der Waals surface area contributed by atoms with E-state index in [0.29, 0.717) is 0 Å². The van der Waals surface area contributed by atoms with Gasteiger partial charge < -0.3 is 19.3 Å². The second kappa shape index (κ2) is 11.8. The van der Waals surface area contributed by atoms with Gasteiger partial charge >= 0.3 is 0 Å². The minimum Gasteiger partial charge on any atom is -0.453 e. The Hall–Kier alpha value is -6.26. The van der Waals surface area contributed by atoms with Crippen molar-refractivity contribution in [2.24, 2.45) is 0 Å². The van der Waals surface area contributed by atoms with Crippen molar-refractivity contribution in [1.29, 1.82) is 0 Å². The molecule has 0 radical (unpaired) electrons. The van der Waals surface area contributed by atoms with E-state index < -0.39 is 0 Å². The fraction of sp³-hybridized carbons (Fsp3) is 0.0455. The van der Waals surface area contributed by atoms with Crippen LogP contribution >= 0.6 is 0 Å². The van der Waals surface area contributed by atoms with E-state index in [2.05, 4.69) is 131 Å². The Morgan fingerprint density at radius 2 is 0.542 bits per heavy atom. The Labute approximate surface area is 280 Å². The molecule has 2 heterocycles. The summed E-state index contributed by atoms with van der Waals surface area (Å²) >= 11 is 0. The minimum absolute atomic E-state index is 0.866. The van der Waals surface area contributed by atoms with Crippen LogP contribution in [0.2, 0.25) is 0 Å². The molecule has 0 saturated carbocycles. The summed E-state index contributed by atoms with van der Waals surface area (Å²) in [4.78, 5) is 4.55. The molecule has 0 N–H and O–H groups in total. The molecule has 0 amide bonds. The first-order chi connectivity index (χ1) is 23.8. The number of para-hydroxylation sites is 8. The van der Waals surface area contributed by atoms with Crippen LogP contribution in [0.25, 0.3) is 0 Å². The largest absolute Gasteiger partial charge is 0.453 e. The SMILES string of the molecule is c1ccc2c(c1)Oc1ccccc1N2c1ccc(Cc2ccc(Cc3ccc(N4c5ccccc5Oc5ccccc54)cc3)cc2)cc1. The Balaban J connectivity index is 0.893. The molecule has 0 spiro atoms. The van der Waals surface area contributed by atoms with Gasteiger partial charge in [-0.15, -0.1) is 0 Å². The van der Waals surface area contributed by atoms with Crippen molar-refractivity contribution in [2.45, 2.75) is 12.8 Å². The quantitative estimate of drug-likeness (QED) is 0.185. The fourth-order valence-electron chi connectivity index (χ4n) is 6.74. The van der Waals surface area contributed by atoms with Crippen LogP contribution in [-0.4, -0.2) is 0 Å². The Morgan fingerprint density at radius 3 is 0.833 bits per heavy atom. The molecule has 4 nitrogen and oxygen atoms in total. The molecule has 2 aliphatic rings. The lowest BCUT2D eigenvalue weighted by Crippen LogP contribution is -2.15. The highest BCUT2D eigenvalue weighted by molar-refractivity contribution is 5.87. The predicted octanol–water partition coefficient (Wildman–Crippen LogP) is 12.0. The fourth-order valence-corrected chi connectivity index (χ4v) is 6.74. The van der Waals surface area contributed by atoms with E-state index in [-0.39, 0.29) is 0 Å². The molecule has 0 aromatic heterocycles. The molecule has 0 unspecified atom stereocenters. The molecule has 0 saturated heterocycles. The molecular weight excluding hydrogens is 588 g/mol. The second-order valence-electron chi connectivity index (χ2n) is 12.2. The highest BCUT2D eigenvalue weighted by Crippen LogP contribution is 2.51. The van der Waals surface area contributed by atoms with Gasteiger partial charge in [0.1, 0.15) is 0 Å². The third-order valence-corrected chi connectivity index (χ3v) is 9.09. The highest BCUT2D eigenvalue weighted by Gasteiger charge is 2.26. The van der Waals surface area contributed by atoms with Crippen LogP contribution in [0.1, 0.15) is 22.3 Å². The van der Waals surface area contributed by atoms with Gasteiger partial charge in [0.25, 0.3) is 0 Å². The summed E-state index contributed by atoms with van der Waals surface area (Å²) in [5.74, 6) is 3.46. The molecule has 0 fully saturated rings. The topological polar surface area (TPSA) is 24.9 Å². The molecule has 7 aromatic rings. The number of nitrogens with zero attached hydrogens (tertiary/aromatic N) is 2. The summed E-state index contributed by atoms with van der Waals surface area (Å²) in [6.45, 7) is 0. The zero-order valence-corrected chi connectivity index (χ0v) is 26.3. The molecule has 7 aromatic carbocycles. The number of benzene rings is 7. The highest BCUT2D eigenvalue weighted by atomic mass is 16.5. The molecule has 0 atom stereocenters. The first-order valence-corrected chi connectivity index (χ1v) is 16.3. The van der Waals surface area contributed by atoms with Gasteiger partial charge in [0.2, 0.25) is 0 Å². The van der Waals surface area contributed by atoms with E-state index in [1.165, 1.54) is 22.3 Å². The molecular formula is C44H32N2O2. The zero-order chi connectivity index (χ0) is 31.9. The first kappa shape index (κ1) is 28.0. The van der Waals surface area contributed by atoms with E-state index in [1.54, 1.807) is 0 Å². The number of anilines is 6. The van der Waals surface area contributed by atoms with Crippen molar-refractivity contribution < 1.29 is 9.47 Å². The molecule has 0 bridgehead atoms. The van der Waals surface area contributed by atoms with Crippen LogP contribution in [0.4, 0.5) is 34.1 Å². The molecule has 0 aliphatic carbocycles. The van der Waals surface area contributed by atoms with Crippen LogP contribution in [0.5, 0.6) is 23.0 Å². The summed E-state index contributed by atoms with van der Waals surface area (Å²) in [5.41, 5.74) is 11.6. The number of hydrogen-bond donors (Lipinski definition) is 0. The van der Waals surface area contributed by atoms with Crippen LogP contribution in [0, 0.1) is 0 Å². The molecule has 9 rings (SSSR count). The Morgan fingerprint density at radius 1 is 0.292 bits per heavy atom. The summed E-state index contributed by atoms with van der Waals surface area (Å²) in [5, 5.41) is 0. The number of fused-ring (bicyclic) bond motifs is 4. The van der Waals surface area contributed by atoms with Crippen LogP contribution < -0.4 is 19.3 Å². The van der Waals surface area contributed by atoms with Crippen molar-refractivity contribution in [3.63, 3.8) is 0 Å². The Kier molecular flexibility index (Phi) is 6.90. The van der Waals surface area contributed by atoms with Gasteiger partial charge in [0.05, 0.1) is 22.7 Å². The third-order valence-electron chi connectivity index (χ3n) is 9.09. The summed E-state index contributed by atoms with van der Waals surface area (Å²) in [6, 6.07) is 59.6. The van der Waals surface area contributed by atoms with Crippen molar-refractivity contribution in [1.82, 2.24) is 0 Å². The smallest absolute Gasteiger partial charge is 0.151 e. The van der Waals surface area contributed by atoms with Gasteiger partial charge in [0.15, 0.2) is 23.0 Å². The van der Waals surface area contributed by atoms with Crippen molar-refractivity contribution in [3.8, 4) is 23.0 Å². The summed E-state index contributed by atoms with van der Waals surface area (Å²) in [7, 11) is 0. The maximum atomic E-state index is 6.18. The van der Waals surface area contributed by atoms with Gasteiger partial charge in [-0.2, -0.15) is 0 Å². The normalized spacial score (nSPS) is 12.6. The van der Waals surface area contributed by atoms with Crippen molar-refractivity contribution in [3.05, 3.63) is 192 Å². The van der Waals surface area contributed by atoms with Crippen LogP contribution in [0.3, 0.4) is 0 Å². The lowest BCUT2D eigenvalue weighted by molar-refractivity contribution is 0.477. The maximum Gasteiger partial charge on any atom is 0.151 e. The molecule has 4 heteroatoms. The Bertz CT molecular complexity index is 1990. The van der Waals surface area contributed by atoms with Crippen molar-refractivity contribution in [2.75, 3.05) is 9.80 Å².